The number of halogens is 1. The van der Waals surface area contributed by atoms with Crippen LogP contribution in [-0.2, 0) is 11.3 Å². The summed E-state index contributed by atoms with van der Waals surface area (Å²) in [6.45, 7) is 5.32. The van der Waals surface area contributed by atoms with Crippen molar-refractivity contribution in [3.8, 4) is 0 Å². The van der Waals surface area contributed by atoms with Gasteiger partial charge >= 0.3 is 6.03 Å². The van der Waals surface area contributed by atoms with E-state index in [1.165, 1.54) is 0 Å². The summed E-state index contributed by atoms with van der Waals surface area (Å²) in [5.74, 6) is 1.60. The molecule has 0 aromatic carbocycles. The molecule has 0 radical (unpaired) electrons. The van der Waals surface area contributed by atoms with Gasteiger partial charge in [0.2, 0.25) is 0 Å². The molecular formula is C14H19BrN2O3. The van der Waals surface area contributed by atoms with Crippen LogP contribution in [0.5, 0.6) is 0 Å². The zero-order chi connectivity index (χ0) is 14.5. The number of urea groups is 1. The summed E-state index contributed by atoms with van der Waals surface area (Å²) in [5, 5.41) is 2.83. The van der Waals surface area contributed by atoms with Crippen LogP contribution in [-0.4, -0.2) is 31.1 Å². The predicted octanol–water partition coefficient (Wildman–Crippen LogP) is 3.18. The summed E-state index contributed by atoms with van der Waals surface area (Å²) >= 11 is 3.23. The fourth-order valence-electron chi connectivity index (χ4n) is 2.37. The molecule has 20 heavy (non-hydrogen) atoms. The molecule has 1 aromatic heterocycles. The summed E-state index contributed by atoms with van der Waals surface area (Å²) in [6, 6.07) is 3.74. The largest absolute Gasteiger partial charge is 0.461 e. The van der Waals surface area contributed by atoms with E-state index in [0.717, 1.165) is 35.4 Å². The van der Waals surface area contributed by atoms with Gasteiger partial charge in [-0.2, -0.15) is 0 Å². The van der Waals surface area contributed by atoms with E-state index in [1.54, 1.807) is 7.11 Å². The highest BCUT2D eigenvalue weighted by Crippen LogP contribution is 2.33. The first-order valence-electron chi connectivity index (χ1n) is 6.57. The quantitative estimate of drug-likeness (QED) is 0.893. The second kappa shape index (κ2) is 6.95. The minimum atomic E-state index is -0.0854. The zero-order valence-electron chi connectivity index (χ0n) is 11.5. The second-order valence-electron chi connectivity index (χ2n) is 4.76. The van der Waals surface area contributed by atoms with Crippen molar-refractivity contribution in [2.24, 2.45) is 0 Å². The van der Waals surface area contributed by atoms with Gasteiger partial charge in [-0.15, -0.1) is 0 Å². The first kappa shape index (κ1) is 15.1. The van der Waals surface area contributed by atoms with Crippen molar-refractivity contribution in [1.29, 1.82) is 0 Å². The van der Waals surface area contributed by atoms with E-state index in [1.807, 2.05) is 17.0 Å². The Bertz CT molecular complexity index is 487. The lowest BCUT2D eigenvalue weighted by atomic mass is 10.2. The van der Waals surface area contributed by atoms with E-state index in [2.05, 4.69) is 27.8 Å². The maximum Gasteiger partial charge on any atom is 0.318 e. The van der Waals surface area contributed by atoms with Crippen molar-refractivity contribution >= 4 is 22.0 Å². The Kier molecular flexibility index (Phi) is 5.25. The van der Waals surface area contributed by atoms with Crippen molar-refractivity contribution < 1.29 is 13.9 Å². The normalized spacial score (nSPS) is 18.3. The van der Waals surface area contributed by atoms with Crippen molar-refractivity contribution in [3.63, 3.8) is 0 Å². The van der Waals surface area contributed by atoms with Crippen LogP contribution in [0.4, 0.5) is 4.79 Å². The maximum absolute atomic E-state index is 12.2. The molecule has 1 N–H and O–H groups in total. The SMILES string of the molecule is C=C(Br)CNC(=O)N1CCCC1c1ccc(COC)o1. The second-order valence-corrected chi connectivity index (χ2v) is 5.89. The molecule has 110 valence electrons. The van der Waals surface area contributed by atoms with Crippen LogP contribution in [0.1, 0.15) is 30.4 Å². The summed E-state index contributed by atoms with van der Waals surface area (Å²) < 4.78 is 11.5. The first-order chi connectivity index (χ1) is 9.61. The molecule has 1 atom stereocenters. The highest BCUT2D eigenvalue weighted by Gasteiger charge is 2.32. The highest BCUT2D eigenvalue weighted by molar-refractivity contribution is 9.11. The number of methoxy groups -OCH3 is 1. The van der Waals surface area contributed by atoms with Gasteiger partial charge < -0.3 is 19.4 Å². The molecule has 1 saturated heterocycles. The van der Waals surface area contributed by atoms with Gasteiger partial charge in [-0.1, -0.05) is 22.5 Å². The van der Waals surface area contributed by atoms with E-state index in [0.29, 0.717) is 13.2 Å². The molecule has 1 aromatic rings. The van der Waals surface area contributed by atoms with Gasteiger partial charge in [0, 0.05) is 18.1 Å². The molecule has 1 aliphatic heterocycles. The zero-order valence-corrected chi connectivity index (χ0v) is 13.1. The number of furan rings is 1. The number of nitrogens with one attached hydrogen (secondary N) is 1. The molecule has 2 amide bonds. The highest BCUT2D eigenvalue weighted by atomic mass is 79.9. The van der Waals surface area contributed by atoms with Gasteiger partial charge in [0.25, 0.3) is 0 Å². The molecule has 0 bridgehead atoms. The molecule has 2 rings (SSSR count). The average Bonchev–Trinajstić information content (AvgIpc) is 3.04. The molecule has 1 aliphatic rings. The number of rotatable bonds is 5. The lowest BCUT2D eigenvalue weighted by Crippen LogP contribution is -2.39. The summed E-state index contributed by atoms with van der Waals surface area (Å²) in [7, 11) is 1.63. The lowest BCUT2D eigenvalue weighted by molar-refractivity contribution is 0.156. The Morgan fingerprint density at radius 3 is 3.15 bits per heavy atom. The summed E-state index contributed by atoms with van der Waals surface area (Å²) in [4.78, 5) is 14.0. The van der Waals surface area contributed by atoms with E-state index in [4.69, 9.17) is 9.15 Å². The molecule has 0 spiro atoms. The van der Waals surface area contributed by atoms with Crippen molar-refractivity contribution in [2.75, 3.05) is 20.2 Å². The van der Waals surface area contributed by atoms with Crippen LogP contribution < -0.4 is 5.32 Å². The van der Waals surface area contributed by atoms with Crippen LogP contribution in [0.25, 0.3) is 0 Å². The summed E-state index contributed by atoms with van der Waals surface area (Å²) in [6.07, 6.45) is 1.90. The standard InChI is InChI=1S/C14H19BrN2O3/c1-10(15)8-16-14(18)17-7-3-4-12(17)13-6-5-11(20-13)9-19-2/h5-6,12H,1,3-4,7-9H2,2H3,(H,16,18). The molecule has 6 heteroatoms. The van der Waals surface area contributed by atoms with Crippen LogP contribution in [0.15, 0.2) is 27.6 Å². The number of hydrogen-bond donors (Lipinski definition) is 1. The molecular weight excluding hydrogens is 324 g/mol. The predicted molar refractivity (Wildman–Crippen MR) is 79.6 cm³/mol. The van der Waals surface area contributed by atoms with Crippen molar-refractivity contribution in [2.45, 2.75) is 25.5 Å². The Morgan fingerprint density at radius 2 is 2.45 bits per heavy atom. The van der Waals surface area contributed by atoms with E-state index in [-0.39, 0.29) is 12.1 Å². The number of hydrogen-bond acceptors (Lipinski definition) is 3. The van der Waals surface area contributed by atoms with Gasteiger partial charge in [-0.3, -0.25) is 0 Å². The third-order valence-corrected chi connectivity index (χ3v) is 3.52. The van der Waals surface area contributed by atoms with Gasteiger partial charge in [0.1, 0.15) is 18.1 Å². The monoisotopic (exact) mass is 342 g/mol. The average molecular weight is 343 g/mol. The third kappa shape index (κ3) is 3.64. The molecule has 5 nitrogen and oxygen atoms in total. The Morgan fingerprint density at radius 1 is 1.65 bits per heavy atom. The molecule has 0 saturated carbocycles. The van der Waals surface area contributed by atoms with Crippen LogP contribution in [0.2, 0.25) is 0 Å². The smallest absolute Gasteiger partial charge is 0.318 e. The van der Waals surface area contributed by atoms with Crippen LogP contribution >= 0.6 is 15.9 Å². The van der Waals surface area contributed by atoms with Gasteiger partial charge in [0.05, 0.1) is 12.6 Å². The fraction of sp³-hybridized carbons (Fsp3) is 0.500. The number of carbonyl (C=O) groups excluding carboxylic acids is 1. The van der Waals surface area contributed by atoms with E-state index < -0.39 is 0 Å². The number of amides is 2. The number of nitrogens with zero attached hydrogens (tertiary/aromatic N) is 1. The van der Waals surface area contributed by atoms with Crippen molar-refractivity contribution in [1.82, 2.24) is 10.2 Å². The maximum atomic E-state index is 12.2. The minimum absolute atomic E-state index is 0.00389. The Hall–Kier alpha value is -1.27. The molecule has 0 aliphatic carbocycles. The molecule has 1 unspecified atom stereocenters. The van der Waals surface area contributed by atoms with Gasteiger partial charge in [-0.25, -0.2) is 4.79 Å². The van der Waals surface area contributed by atoms with E-state index in [9.17, 15) is 4.79 Å². The van der Waals surface area contributed by atoms with Gasteiger partial charge in [0.15, 0.2) is 0 Å². The Labute approximate surface area is 127 Å². The lowest BCUT2D eigenvalue weighted by Gasteiger charge is -2.23. The fourth-order valence-corrected chi connectivity index (χ4v) is 2.51. The topological polar surface area (TPSA) is 54.7 Å². The van der Waals surface area contributed by atoms with Gasteiger partial charge in [-0.05, 0) is 25.0 Å². The minimum Gasteiger partial charge on any atom is -0.461 e. The summed E-state index contributed by atoms with van der Waals surface area (Å²) in [5.41, 5.74) is 0. The first-order valence-corrected chi connectivity index (χ1v) is 7.36. The third-order valence-electron chi connectivity index (χ3n) is 3.24. The number of likely N-dealkylation sites (tertiary alicyclic amines) is 1. The van der Waals surface area contributed by atoms with Crippen molar-refractivity contribution in [3.05, 3.63) is 34.7 Å². The van der Waals surface area contributed by atoms with Crippen LogP contribution in [0.3, 0.4) is 0 Å². The Balaban J connectivity index is 2.02. The number of carbonyl (C=O) groups is 1. The molecule has 1 fully saturated rings. The number of ether oxygens (including phenoxy) is 1. The molecule has 2 heterocycles. The van der Waals surface area contributed by atoms with E-state index >= 15 is 0 Å². The van der Waals surface area contributed by atoms with Crippen LogP contribution in [0, 0.1) is 0 Å².